The maximum Gasteiger partial charge on any atom is 0.310 e. The molecule has 4 nitrogen and oxygen atoms in total. The molecule has 1 aromatic heterocycles. The third kappa shape index (κ3) is 2.37. The van der Waals surface area contributed by atoms with Gasteiger partial charge in [0, 0.05) is 18.6 Å². The lowest BCUT2D eigenvalue weighted by molar-refractivity contribution is -0.149. The number of benzene rings is 1. The molecule has 0 unspecified atom stereocenters. The van der Waals surface area contributed by atoms with Crippen molar-refractivity contribution in [1.82, 2.24) is 9.97 Å². The topological polar surface area (TPSA) is 66.0 Å². The lowest BCUT2D eigenvalue weighted by Gasteiger charge is -2.25. The van der Waals surface area contributed by atoms with Crippen LogP contribution >= 0.6 is 0 Å². The minimum Gasteiger partial charge on any atom is -0.481 e. The van der Waals surface area contributed by atoms with Crippen molar-refractivity contribution in [3.8, 4) is 0 Å². The van der Waals surface area contributed by atoms with E-state index in [0.717, 1.165) is 12.1 Å². The molecule has 0 aliphatic carbocycles. The standard InChI is InChI=1S/C14H16F2N2O2/c1-3-14(4-2,13(19)20)7-12-17-10-5-8(15)9(16)6-11(10)18-12/h5-6H,3-4,7H2,1-2H3,(H,17,18)(H,19,20). The largest absolute Gasteiger partial charge is 0.481 e. The highest BCUT2D eigenvalue weighted by atomic mass is 19.2. The van der Waals surface area contributed by atoms with Crippen LogP contribution in [0.1, 0.15) is 32.5 Å². The van der Waals surface area contributed by atoms with Crippen LogP contribution in [-0.2, 0) is 11.2 Å². The summed E-state index contributed by atoms with van der Waals surface area (Å²) < 4.78 is 26.3. The normalized spacial score (nSPS) is 12.0. The van der Waals surface area contributed by atoms with Crippen molar-refractivity contribution >= 4 is 17.0 Å². The second-order valence-corrected chi connectivity index (χ2v) is 4.94. The first-order valence-corrected chi connectivity index (χ1v) is 6.49. The van der Waals surface area contributed by atoms with Gasteiger partial charge in [0.2, 0.25) is 0 Å². The summed E-state index contributed by atoms with van der Waals surface area (Å²) in [5.74, 6) is -2.38. The number of carboxylic acid groups (broad SMARTS) is 1. The Bertz CT molecular complexity index is 609. The molecule has 0 amide bonds. The second kappa shape index (κ2) is 5.19. The van der Waals surface area contributed by atoms with Gasteiger partial charge in [0.15, 0.2) is 11.6 Å². The third-order valence-electron chi connectivity index (χ3n) is 3.89. The van der Waals surface area contributed by atoms with E-state index in [9.17, 15) is 18.7 Å². The van der Waals surface area contributed by atoms with E-state index in [0.29, 0.717) is 29.7 Å². The molecule has 0 fully saturated rings. The highest BCUT2D eigenvalue weighted by Gasteiger charge is 2.36. The molecule has 0 aliphatic rings. The van der Waals surface area contributed by atoms with Crippen molar-refractivity contribution in [3.05, 3.63) is 29.6 Å². The van der Waals surface area contributed by atoms with Gasteiger partial charge in [-0.05, 0) is 12.8 Å². The van der Waals surface area contributed by atoms with Gasteiger partial charge in [0.1, 0.15) is 5.82 Å². The Morgan fingerprint density at radius 3 is 2.45 bits per heavy atom. The molecule has 108 valence electrons. The quantitative estimate of drug-likeness (QED) is 0.884. The third-order valence-corrected chi connectivity index (χ3v) is 3.89. The molecule has 0 atom stereocenters. The van der Waals surface area contributed by atoms with Crippen LogP contribution in [0, 0.1) is 17.0 Å². The zero-order valence-corrected chi connectivity index (χ0v) is 11.3. The molecule has 0 saturated carbocycles. The maximum atomic E-state index is 13.1. The van der Waals surface area contributed by atoms with Gasteiger partial charge in [-0.25, -0.2) is 13.8 Å². The monoisotopic (exact) mass is 282 g/mol. The number of carbonyl (C=O) groups is 1. The SMILES string of the molecule is CCC(CC)(Cc1nc2cc(F)c(F)cc2[nH]1)C(=O)O. The van der Waals surface area contributed by atoms with E-state index in [1.54, 1.807) is 13.8 Å². The molecule has 1 heterocycles. The van der Waals surface area contributed by atoms with Gasteiger partial charge in [0.25, 0.3) is 0 Å². The first kappa shape index (κ1) is 14.4. The number of carboxylic acids is 1. The zero-order valence-electron chi connectivity index (χ0n) is 11.3. The van der Waals surface area contributed by atoms with Gasteiger partial charge in [-0.2, -0.15) is 0 Å². The zero-order chi connectivity index (χ0) is 14.9. The summed E-state index contributed by atoms with van der Waals surface area (Å²) in [6.45, 7) is 3.61. The first-order chi connectivity index (χ1) is 9.41. The van der Waals surface area contributed by atoms with E-state index in [1.807, 2.05) is 0 Å². The second-order valence-electron chi connectivity index (χ2n) is 4.94. The van der Waals surface area contributed by atoms with Crippen molar-refractivity contribution in [2.45, 2.75) is 33.1 Å². The number of halogens is 2. The van der Waals surface area contributed by atoms with E-state index in [2.05, 4.69) is 9.97 Å². The van der Waals surface area contributed by atoms with E-state index in [4.69, 9.17) is 0 Å². The lowest BCUT2D eigenvalue weighted by Crippen LogP contribution is -2.32. The fourth-order valence-corrected chi connectivity index (χ4v) is 2.34. The van der Waals surface area contributed by atoms with E-state index >= 15 is 0 Å². The van der Waals surface area contributed by atoms with Crippen molar-refractivity contribution in [1.29, 1.82) is 0 Å². The Balaban J connectivity index is 2.41. The van der Waals surface area contributed by atoms with Gasteiger partial charge in [-0.1, -0.05) is 13.8 Å². The molecular weight excluding hydrogens is 266 g/mol. The van der Waals surface area contributed by atoms with E-state index in [-0.39, 0.29) is 6.42 Å². The Morgan fingerprint density at radius 2 is 1.90 bits per heavy atom. The molecule has 0 radical (unpaired) electrons. The Morgan fingerprint density at radius 1 is 1.30 bits per heavy atom. The fraction of sp³-hybridized carbons (Fsp3) is 0.429. The molecule has 0 saturated heterocycles. The molecule has 0 bridgehead atoms. The van der Waals surface area contributed by atoms with Crippen LogP contribution in [0.25, 0.3) is 11.0 Å². The number of nitrogens with one attached hydrogen (secondary N) is 1. The predicted molar refractivity (Wildman–Crippen MR) is 70.4 cm³/mol. The molecule has 6 heteroatoms. The number of rotatable bonds is 5. The molecule has 2 rings (SSSR count). The first-order valence-electron chi connectivity index (χ1n) is 6.49. The fourth-order valence-electron chi connectivity index (χ4n) is 2.34. The number of hydrogen-bond acceptors (Lipinski definition) is 2. The number of aromatic amines is 1. The van der Waals surface area contributed by atoms with Gasteiger partial charge in [-0.15, -0.1) is 0 Å². The summed E-state index contributed by atoms with van der Waals surface area (Å²) in [7, 11) is 0. The number of aliphatic carboxylic acids is 1. The van der Waals surface area contributed by atoms with Crippen molar-refractivity contribution < 1.29 is 18.7 Å². The van der Waals surface area contributed by atoms with Crippen LogP contribution in [0.4, 0.5) is 8.78 Å². The summed E-state index contributed by atoms with van der Waals surface area (Å²) in [5, 5.41) is 9.39. The molecule has 2 N–H and O–H groups in total. The van der Waals surface area contributed by atoms with Crippen molar-refractivity contribution in [3.63, 3.8) is 0 Å². The van der Waals surface area contributed by atoms with Crippen LogP contribution in [0.3, 0.4) is 0 Å². The number of fused-ring (bicyclic) bond motifs is 1. The number of H-pyrrole nitrogens is 1. The van der Waals surface area contributed by atoms with Crippen LogP contribution in [0.5, 0.6) is 0 Å². The Labute approximate surface area is 114 Å². The summed E-state index contributed by atoms with van der Waals surface area (Å²) in [5.41, 5.74) is -0.249. The Hall–Kier alpha value is -1.98. The minimum absolute atomic E-state index is 0.202. The summed E-state index contributed by atoms with van der Waals surface area (Å²) in [6.07, 6.45) is 1.12. The van der Waals surface area contributed by atoms with Crippen molar-refractivity contribution in [2.24, 2.45) is 5.41 Å². The molecule has 0 spiro atoms. The maximum absolute atomic E-state index is 13.1. The molecule has 20 heavy (non-hydrogen) atoms. The predicted octanol–water partition coefficient (Wildman–Crippen LogP) is 3.27. The summed E-state index contributed by atoms with van der Waals surface area (Å²) >= 11 is 0. The minimum atomic E-state index is -0.967. The van der Waals surface area contributed by atoms with E-state index in [1.165, 1.54) is 0 Å². The number of imidazole rings is 1. The van der Waals surface area contributed by atoms with Crippen LogP contribution in [-0.4, -0.2) is 21.0 Å². The van der Waals surface area contributed by atoms with Crippen LogP contribution in [0.2, 0.25) is 0 Å². The average Bonchev–Trinajstić information content (AvgIpc) is 2.77. The number of aromatic nitrogens is 2. The Kier molecular flexibility index (Phi) is 3.74. The smallest absolute Gasteiger partial charge is 0.310 e. The average molecular weight is 282 g/mol. The molecule has 1 aromatic carbocycles. The van der Waals surface area contributed by atoms with Crippen LogP contribution < -0.4 is 0 Å². The highest BCUT2D eigenvalue weighted by molar-refractivity contribution is 5.77. The number of hydrogen-bond donors (Lipinski definition) is 2. The van der Waals surface area contributed by atoms with Gasteiger partial charge >= 0.3 is 5.97 Å². The van der Waals surface area contributed by atoms with Gasteiger partial charge in [0.05, 0.1) is 16.4 Å². The van der Waals surface area contributed by atoms with Gasteiger partial charge < -0.3 is 10.1 Å². The van der Waals surface area contributed by atoms with Crippen molar-refractivity contribution in [2.75, 3.05) is 0 Å². The molecular formula is C14H16F2N2O2. The lowest BCUT2D eigenvalue weighted by atomic mass is 9.79. The molecule has 0 aliphatic heterocycles. The number of nitrogens with zero attached hydrogens (tertiary/aromatic N) is 1. The summed E-state index contributed by atoms with van der Waals surface area (Å²) in [6, 6.07) is 2.03. The molecule has 2 aromatic rings. The van der Waals surface area contributed by atoms with E-state index < -0.39 is 23.0 Å². The van der Waals surface area contributed by atoms with Gasteiger partial charge in [-0.3, -0.25) is 4.79 Å². The highest BCUT2D eigenvalue weighted by Crippen LogP contribution is 2.31. The summed E-state index contributed by atoms with van der Waals surface area (Å²) in [4.78, 5) is 18.5. The van der Waals surface area contributed by atoms with Crippen LogP contribution in [0.15, 0.2) is 12.1 Å².